The third kappa shape index (κ3) is 1.42. The molecule has 2 unspecified atom stereocenters. The van der Waals surface area contributed by atoms with Gasteiger partial charge in [-0.3, -0.25) is 0 Å². The predicted octanol–water partition coefficient (Wildman–Crippen LogP) is -2.02. The molecular weight excluding hydrogens is 147 g/mol. The van der Waals surface area contributed by atoms with Gasteiger partial charge in [-0.2, -0.15) is 0 Å². The van der Waals surface area contributed by atoms with E-state index in [4.69, 9.17) is 17.7 Å². The van der Waals surface area contributed by atoms with Gasteiger partial charge in [-0.15, -0.1) is 0 Å². The zero-order valence-electron chi connectivity index (χ0n) is 6.27. The van der Waals surface area contributed by atoms with E-state index < -0.39 is 23.8 Å². The normalized spacial score (nSPS) is 51.5. The van der Waals surface area contributed by atoms with Crippen molar-refractivity contribution in [3.63, 3.8) is 0 Å². The van der Waals surface area contributed by atoms with Gasteiger partial charge in [-0.25, -0.2) is 0 Å². The lowest BCUT2D eigenvalue weighted by molar-refractivity contribution is -0.0333. The molecule has 0 bridgehead atoms. The van der Waals surface area contributed by atoms with E-state index in [1.807, 2.05) is 0 Å². The Morgan fingerprint density at radius 3 is 2.27 bits per heavy atom. The molecule has 0 saturated carbocycles. The number of aliphatic hydroxyl groups excluding tert-OH is 3. The second kappa shape index (κ2) is 2.75. The minimum absolute atomic E-state index is 0.342. The zero-order chi connectivity index (χ0) is 8.65. The van der Waals surface area contributed by atoms with Crippen LogP contribution in [0.2, 0.25) is 0 Å². The zero-order valence-corrected chi connectivity index (χ0v) is 6.27. The Bertz CT molecular complexity index is 150. The lowest BCUT2D eigenvalue weighted by atomic mass is 9.78. The highest BCUT2D eigenvalue weighted by atomic mass is 16.6. The molecule has 0 spiro atoms. The average molecular weight is 158 g/mol. The molecule has 0 amide bonds. The maximum atomic E-state index is 9.22. The summed E-state index contributed by atoms with van der Waals surface area (Å²) in [6.07, 6.45) is -3.02. The molecule has 2 radical (unpaired) electrons. The van der Waals surface area contributed by atoms with E-state index >= 15 is 0 Å². The number of hydrogen-bond donors (Lipinski definition) is 3. The van der Waals surface area contributed by atoms with Crippen LogP contribution in [0.3, 0.4) is 0 Å². The molecule has 1 fully saturated rings. The Balaban J connectivity index is 2.69. The minimum Gasteiger partial charge on any atom is -0.394 e. The standard InChI is InChI=1S/C6H11BO4/c1-6(7)5(10)4(9)3(2-8)11-6/h3-5,8-10H,2H2,1H3/t3-,4+,5?,6?/m1/s1. The summed E-state index contributed by atoms with van der Waals surface area (Å²) in [6.45, 7) is 1.11. The van der Waals surface area contributed by atoms with Gasteiger partial charge in [0.1, 0.15) is 26.2 Å². The van der Waals surface area contributed by atoms with Gasteiger partial charge in [-0.1, -0.05) is 0 Å². The number of hydrogen-bond acceptors (Lipinski definition) is 4. The topological polar surface area (TPSA) is 69.9 Å². The highest BCUT2D eigenvalue weighted by molar-refractivity contribution is 6.15. The minimum atomic E-state index is -1.26. The molecule has 1 rings (SSSR count). The summed E-state index contributed by atoms with van der Waals surface area (Å²) in [5.41, 5.74) is -1.26. The third-order valence-electron chi connectivity index (χ3n) is 1.88. The van der Waals surface area contributed by atoms with Crippen LogP contribution < -0.4 is 0 Å². The fourth-order valence-electron chi connectivity index (χ4n) is 1.15. The molecule has 1 aliphatic heterocycles. The maximum Gasteiger partial charge on any atom is 0.117 e. The van der Waals surface area contributed by atoms with Crippen molar-refractivity contribution in [2.45, 2.75) is 30.7 Å². The summed E-state index contributed by atoms with van der Waals surface area (Å²) >= 11 is 0. The van der Waals surface area contributed by atoms with Gasteiger partial charge in [0.15, 0.2) is 0 Å². The summed E-state index contributed by atoms with van der Waals surface area (Å²) in [6, 6.07) is 0. The third-order valence-corrected chi connectivity index (χ3v) is 1.88. The van der Waals surface area contributed by atoms with E-state index in [2.05, 4.69) is 0 Å². The van der Waals surface area contributed by atoms with Crippen LogP contribution in [-0.2, 0) is 4.74 Å². The maximum absolute atomic E-state index is 9.22. The van der Waals surface area contributed by atoms with Gasteiger partial charge in [0.05, 0.1) is 12.1 Å². The van der Waals surface area contributed by atoms with Crippen molar-refractivity contribution in [3.8, 4) is 0 Å². The van der Waals surface area contributed by atoms with Crippen LogP contribution in [0.4, 0.5) is 0 Å². The number of aliphatic hydroxyl groups is 3. The fourth-order valence-corrected chi connectivity index (χ4v) is 1.15. The fraction of sp³-hybridized carbons (Fsp3) is 1.00. The van der Waals surface area contributed by atoms with Crippen molar-refractivity contribution in [2.75, 3.05) is 6.61 Å². The molecular formula is C6H11BO4. The molecule has 1 saturated heterocycles. The lowest BCUT2D eigenvalue weighted by Crippen LogP contribution is -2.40. The van der Waals surface area contributed by atoms with Gasteiger partial charge >= 0.3 is 0 Å². The Hall–Kier alpha value is -0.0951. The molecule has 0 aliphatic carbocycles. The molecule has 0 aromatic carbocycles. The summed E-state index contributed by atoms with van der Waals surface area (Å²) in [5.74, 6) is 0. The van der Waals surface area contributed by atoms with Crippen LogP contribution in [0.15, 0.2) is 0 Å². The second-order valence-corrected chi connectivity index (χ2v) is 2.96. The molecule has 5 heteroatoms. The summed E-state index contributed by atoms with van der Waals surface area (Å²) < 4.78 is 4.95. The van der Waals surface area contributed by atoms with Crippen molar-refractivity contribution >= 4 is 7.85 Å². The highest BCUT2D eigenvalue weighted by Crippen LogP contribution is 2.27. The highest BCUT2D eigenvalue weighted by Gasteiger charge is 2.46. The van der Waals surface area contributed by atoms with Crippen molar-refractivity contribution in [3.05, 3.63) is 0 Å². The lowest BCUT2D eigenvalue weighted by Gasteiger charge is -2.22. The SMILES string of the molecule is [B]C1(C)O[C@H](CO)[C@H](O)C1O. The Morgan fingerprint density at radius 1 is 1.55 bits per heavy atom. The quantitative estimate of drug-likeness (QED) is 0.385. The van der Waals surface area contributed by atoms with E-state index in [1.165, 1.54) is 6.92 Å². The van der Waals surface area contributed by atoms with Gasteiger partial charge in [0.25, 0.3) is 0 Å². The molecule has 1 aliphatic rings. The first-order chi connectivity index (χ1) is 4.99. The Morgan fingerprint density at radius 2 is 2.09 bits per heavy atom. The smallest absolute Gasteiger partial charge is 0.117 e. The summed E-state index contributed by atoms with van der Waals surface area (Å²) in [4.78, 5) is 0. The van der Waals surface area contributed by atoms with E-state index in [9.17, 15) is 10.2 Å². The molecule has 3 N–H and O–H groups in total. The van der Waals surface area contributed by atoms with Gasteiger partial charge < -0.3 is 20.1 Å². The van der Waals surface area contributed by atoms with Crippen LogP contribution in [0.25, 0.3) is 0 Å². The van der Waals surface area contributed by atoms with Gasteiger partial charge in [0.2, 0.25) is 0 Å². The first-order valence-corrected chi connectivity index (χ1v) is 3.42. The van der Waals surface area contributed by atoms with Crippen LogP contribution in [0, 0.1) is 0 Å². The molecule has 4 atom stereocenters. The molecule has 0 aromatic rings. The summed E-state index contributed by atoms with van der Waals surface area (Å²) in [7, 11) is 5.43. The van der Waals surface area contributed by atoms with Crippen molar-refractivity contribution in [1.82, 2.24) is 0 Å². The average Bonchev–Trinajstić information content (AvgIpc) is 2.13. The molecule has 0 aromatic heterocycles. The molecule has 4 nitrogen and oxygen atoms in total. The predicted molar refractivity (Wildman–Crippen MR) is 38.1 cm³/mol. The van der Waals surface area contributed by atoms with Gasteiger partial charge in [0, 0.05) is 0 Å². The van der Waals surface area contributed by atoms with Crippen LogP contribution in [-0.4, -0.2) is 53.6 Å². The first-order valence-electron chi connectivity index (χ1n) is 3.42. The second-order valence-electron chi connectivity index (χ2n) is 2.96. The summed E-state index contributed by atoms with van der Waals surface area (Å²) in [5, 5.41) is 27.0. The monoisotopic (exact) mass is 158 g/mol. The van der Waals surface area contributed by atoms with Gasteiger partial charge in [-0.05, 0) is 6.92 Å². The molecule has 62 valence electrons. The van der Waals surface area contributed by atoms with E-state index in [0.717, 1.165) is 0 Å². The van der Waals surface area contributed by atoms with E-state index in [1.54, 1.807) is 0 Å². The molecule has 11 heavy (non-hydrogen) atoms. The largest absolute Gasteiger partial charge is 0.394 e. The van der Waals surface area contributed by atoms with Crippen molar-refractivity contribution < 1.29 is 20.1 Å². The number of rotatable bonds is 1. The van der Waals surface area contributed by atoms with Crippen molar-refractivity contribution in [2.24, 2.45) is 0 Å². The van der Waals surface area contributed by atoms with E-state index in [-0.39, 0.29) is 6.61 Å². The Labute approximate surface area is 66.2 Å². The number of ether oxygens (including phenoxy) is 1. The van der Waals surface area contributed by atoms with Crippen LogP contribution in [0.5, 0.6) is 0 Å². The Kier molecular flexibility index (Phi) is 2.25. The first kappa shape index (κ1) is 9.00. The molecule has 1 heterocycles. The van der Waals surface area contributed by atoms with Crippen molar-refractivity contribution in [1.29, 1.82) is 0 Å². The van der Waals surface area contributed by atoms with E-state index in [0.29, 0.717) is 0 Å². The van der Waals surface area contributed by atoms with Crippen LogP contribution >= 0.6 is 0 Å². The van der Waals surface area contributed by atoms with Crippen LogP contribution in [0.1, 0.15) is 6.92 Å².